The van der Waals surface area contributed by atoms with Crippen LogP contribution in [0.15, 0.2) is 0 Å². The Hall–Kier alpha value is -1.19. The number of rotatable bonds is 7. The van der Waals surface area contributed by atoms with Crippen molar-refractivity contribution >= 4 is 12.0 Å². The highest BCUT2D eigenvalue weighted by Crippen LogP contribution is 2.04. The van der Waals surface area contributed by atoms with Gasteiger partial charge >= 0.3 is 5.97 Å². The average Bonchev–Trinajstić information content (AvgIpc) is 2.17. The maximum Gasteiger partial charge on any atom is 0.320 e. The van der Waals surface area contributed by atoms with Crippen molar-refractivity contribution in [2.45, 2.75) is 46.1 Å². The molecule has 0 aromatic carbocycles. The summed E-state index contributed by atoms with van der Waals surface area (Å²) < 4.78 is 0. The van der Waals surface area contributed by atoms with Crippen molar-refractivity contribution in [2.24, 2.45) is 5.92 Å². The smallest absolute Gasteiger partial charge is 0.320 e. The average molecular weight is 230 g/mol. The molecule has 0 radical (unpaired) electrons. The van der Waals surface area contributed by atoms with Gasteiger partial charge in [-0.25, -0.2) is 10.2 Å². The van der Waals surface area contributed by atoms with Gasteiger partial charge in [0.2, 0.25) is 6.08 Å². The van der Waals surface area contributed by atoms with Gasteiger partial charge < -0.3 is 10.4 Å². The quantitative estimate of drug-likeness (QED) is 0.353. The number of carboxylic acids is 1. The Labute approximate surface area is 96.7 Å². The monoisotopic (exact) mass is 230 g/mol. The Morgan fingerprint density at radius 2 is 2.00 bits per heavy atom. The van der Waals surface area contributed by atoms with E-state index in [-0.39, 0.29) is 6.04 Å². The second-order valence-electron chi connectivity index (χ2n) is 3.93. The summed E-state index contributed by atoms with van der Waals surface area (Å²) >= 11 is 0. The summed E-state index contributed by atoms with van der Waals surface area (Å²) in [6.45, 7) is 6.98. The highest BCUT2D eigenvalue weighted by atomic mass is 16.4. The number of isocyanates is 1. The van der Waals surface area contributed by atoms with E-state index in [9.17, 15) is 4.79 Å². The van der Waals surface area contributed by atoms with E-state index in [1.165, 1.54) is 0 Å². The van der Waals surface area contributed by atoms with Gasteiger partial charge in [0.25, 0.3) is 0 Å². The lowest BCUT2D eigenvalue weighted by Gasteiger charge is -2.15. The topological polar surface area (TPSA) is 90.2 Å². The number of hydrogen-bond acceptors (Lipinski definition) is 4. The molecule has 0 aliphatic heterocycles. The molecule has 3 N–H and O–H groups in total. The van der Waals surface area contributed by atoms with Crippen LogP contribution in [0.25, 0.3) is 0 Å². The van der Waals surface area contributed by atoms with Gasteiger partial charge in [-0.3, -0.25) is 4.79 Å². The van der Waals surface area contributed by atoms with Gasteiger partial charge in [-0.2, -0.15) is 0 Å². The van der Waals surface area contributed by atoms with Crippen molar-refractivity contribution in [3.8, 4) is 0 Å². The van der Waals surface area contributed by atoms with E-state index < -0.39 is 5.97 Å². The van der Waals surface area contributed by atoms with Gasteiger partial charge in [-0.05, 0) is 25.3 Å². The number of carbonyl (C=O) groups is 1. The Morgan fingerprint density at radius 3 is 2.31 bits per heavy atom. The van der Waals surface area contributed by atoms with Crippen LogP contribution in [0.2, 0.25) is 0 Å². The minimum Gasteiger partial charge on any atom is -0.480 e. The minimum absolute atomic E-state index is 0.369. The molecule has 94 valence electrons. The van der Waals surface area contributed by atoms with E-state index in [1.54, 1.807) is 0 Å². The van der Waals surface area contributed by atoms with E-state index >= 15 is 0 Å². The maximum atomic E-state index is 10.8. The molecule has 5 nitrogen and oxygen atoms in total. The SMILES string of the molecule is CCCCNC(CC(C)C)C(=O)O.N=C=O. The van der Waals surface area contributed by atoms with Crippen LogP contribution in [0.3, 0.4) is 0 Å². The third-order valence-corrected chi connectivity index (χ3v) is 1.93. The standard InChI is InChI=1S/C10H21NO2.CHNO/c1-4-5-6-11-9(10(12)13)7-8(2)3;2-1-3/h8-9,11H,4-7H2,1-3H3,(H,12,13);2H. The van der Waals surface area contributed by atoms with Crippen LogP contribution in [0, 0.1) is 11.3 Å². The summed E-state index contributed by atoms with van der Waals surface area (Å²) in [4.78, 5) is 19.1. The maximum absolute atomic E-state index is 10.8. The highest BCUT2D eigenvalue weighted by molar-refractivity contribution is 5.73. The lowest BCUT2D eigenvalue weighted by atomic mass is 10.0. The first-order valence-electron chi connectivity index (χ1n) is 5.49. The van der Waals surface area contributed by atoms with Gasteiger partial charge in [0.15, 0.2) is 0 Å². The molecule has 0 aliphatic rings. The molecule has 0 saturated carbocycles. The molecule has 1 unspecified atom stereocenters. The molecule has 0 heterocycles. The van der Waals surface area contributed by atoms with Crippen molar-refractivity contribution in [2.75, 3.05) is 6.54 Å². The molecule has 0 saturated heterocycles. The third-order valence-electron chi connectivity index (χ3n) is 1.93. The van der Waals surface area contributed by atoms with Gasteiger partial charge in [0.1, 0.15) is 6.04 Å². The van der Waals surface area contributed by atoms with Crippen LogP contribution in [0.5, 0.6) is 0 Å². The van der Waals surface area contributed by atoms with Gasteiger partial charge in [-0.1, -0.05) is 27.2 Å². The van der Waals surface area contributed by atoms with E-state index in [1.807, 2.05) is 13.8 Å². The second kappa shape index (κ2) is 11.9. The molecule has 0 rings (SSSR count). The van der Waals surface area contributed by atoms with Gasteiger partial charge in [0.05, 0.1) is 0 Å². The zero-order chi connectivity index (χ0) is 13.0. The van der Waals surface area contributed by atoms with E-state index in [2.05, 4.69) is 12.2 Å². The first kappa shape index (κ1) is 17.2. The van der Waals surface area contributed by atoms with Crippen LogP contribution in [-0.4, -0.2) is 29.7 Å². The fraction of sp³-hybridized carbons (Fsp3) is 0.818. The molecule has 0 spiro atoms. The van der Waals surface area contributed by atoms with Crippen molar-refractivity contribution < 1.29 is 14.7 Å². The Kier molecular flexibility index (Phi) is 12.8. The number of carbonyl (C=O) groups excluding carboxylic acids is 1. The number of carboxylic acid groups (broad SMARTS) is 1. The minimum atomic E-state index is -0.732. The second-order valence-corrected chi connectivity index (χ2v) is 3.93. The van der Waals surface area contributed by atoms with E-state index in [0.717, 1.165) is 25.5 Å². The molecule has 1 atom stereocenters. The molecule has 16 heavy (non-hydrogen) atoms. The first-order valence-corrected chi connectivity index (χ1v) is 5.49. The Morgan fingerprint density at radius 1 is 1.50 bits per heavy atom. The highest BCUT2D eigenvalue weighted by Gasteiger charge is 2.17. The largest absolute Gasteiger partial charge is 0.480 e. The van der Waals surface area contributed by atoms with Crippen LogP contribution in [-0.2, 0) is 9.59 Å². The molecule has 5 heteroatoms. The molecule has 0 aliphatic carbocycles. The van der Waals surface area contributed by atoms with E-state index in [4.69, 9.17) is 15.3 Å². The van der Waals surface area contributed by atoms with Crippen molar-refractivity contribution in [1.29, 1.82) is 5.41 Å². The van der Waals surface area contributed by atoms with Crippen LogP contribution in [0.1, 0.15) is 40.0 Å². The van der Waals surface area contributed by atoms with Crippen LogP contribution < -0.4 is 5.32 Å². The molecule has 0 aromatic rings. The number of nitrogens with one attached hydrogen (secondary N) is 2. The first-order chi connectivity index (χ1) is 7.49. The summed E-state index contributed by atoms with van der Waals surface area (Å²) in [6, 6.07) is -0.369. The Bertz CT molecular complexity index is 211. The fourth-order valence-electron chi connectivity index (χ4n) is 1.20. The van der Waals surface area contributed by atoms with Crippen LogP contribution in [0.4, 0.5) is 0 Å². The summed E-state index contributed by atoms with van der Waals surface area (Å²) in [5.74, 6) is -0.306. The number of hydrogen-bond donors (Lipinski definition) is 3. The van der Waals surface area contributed by atoms with Crippen molar-refractivity contribution in [3.63, 3.8) is 0 Å². The fourth-order valence-corrected chi connectivity index (χ4v) is 1.20. The summed E-state index contributed by atoms with van der Waals surface area (Å²) in [7, 11) is 0. The summed E-state index contributed by atoms with van der Waals surface area (Å²) in [5, 5.41) is 17.3. The number of aliphatic carboxylic acids is 1. The molecule has 0 aromatic heterocycles. The molecule has 0 fully saturated rings. The third kappa shape index (κ3) is 12.8. The summed E-state index contributed by atoms with van der Waals surface area (Å²) in [5.41, 5.74) is 0. The molecule has 0 amide bonds. The van der Waals surface area contributed by atoms with Crippen molar-refractivity contribution in [1.82, 2.24) is 5.32 Å². The zero-order valence-electron chi connectivity index (χ0n) is 10.2. The molecule has 0 bridgehead atoms. The lowest BCUT2D eigenvalue weighted by molar-refractivity contribution is -0.139. The Balaban J connectivity index is 0. The van der Waals surface area contributed by atoms with Crippen LogP contribution >= 0.6 is 0 Å². The van der Waals surface area contributed by atoms with Gasteiger partial charge in [-0.15, -0.1) is 0 Å². The lowest BCUT2D eigenvalue weighted by Crippen LogP contribution is -2.38. The summed E-state index contributed by atoms with van der Waals surface area (Å²) in [6.07, 6.45) is 3.60. The van der Waals surface area contributed by atoms with Crippen molar-refractivity contribution in [3.05, 3.63) is 0 Å². The van der Waals surface area contributed by atoms with E-state index in [0.29, 0.717) is 12.3 Å². The number of unbranched alkanes of at least 4 members (excludes halogenated alkanes) is 1. The normalized spacial score (nSPS) is 11.2. The zero-order valence-corrected chi connectivity index (χ0v) is 10.2. The molecular weight excluding hydrogens is 208 g/mol. The predicted molar refractivity (Wildman–Crippen MR) is 62.2 cm³/mol. The molecular formula is C11H22N2O3. The predicted octanol–water partition coefficient (Wildman–Crippen LogP) is 1.78. The van der Waals surface area contributed by atoms with Gasteiger partial charge in [0, 0.05) is 0 Å².